The summed E-state index contributed by atoms with van der Waals surface area (Å²) in [6.45, 7) is 7.02. The molecule has 0 spiro atoms. The number of benzene rings is 1. The van der Waals surface area contributed by atoms with Crippen LogP contribution in [-0.2, 0) is 6.54 Å². The fraction of sp³-hybridized carbons (Fsp3) is 0.409. The van der Waals surface area contributed by atoms with Crippen LogP contribution in [0.25, 0.3) is 11.1 Å². The molecular formula is C22H26N4O2. The van der Waals surface area contributed by atoms with Gasteiger partial charge in [-0.25, -0.2) is 0 Å². The van der Waals surface area contributed by atoms with E-state index in [9.17, 15) is 10.1 Å². The molecule has 0 saturated carbocycles. The van der Waals surface area contributed by atoms with Crippen molar-refractivity contribution < 1.29 is 9.53 Å². The minimum atomic E-state index is -0.470. The van der Waals surface area contributed by atoms with Crippen molar-refractivity contribution in [3.63, 3.8) is 0 Å². The number of pyridine rings is 1. The summed E-state index contributed by atoms with van der Waals surface area (Å²) in [6.07, 6.45) is 2.52. The number of ether oxygens (including phenoxy) is 1. The Hall–Kier alpha value is -2.91. The molecule has 0 saturated heterocycles. The number of carbonyl (C=O) groups excluding carboxylic acids is 1. The van der Waals surface area contributed by atoms with Crippen molar-refractivity contribution in [1.29, 1.82) is 5.26 Å². The Kier molecular flexibility index (Phi) is 5.39. The van der Waals surface area contributed by atoms with Crippen molar-refractivity contribution in [3.05, 3.63) is 47.3 Å². The summed E-state index contributed by atoms with van der Waals surface area (Å²) in [5, 5.41) is 9.60. The SMILES string of the molecule is CC(C)C[C@](C)(N)COc1ccc(-c2ccnc3c2C(=O)N(C)C3)cc1C#N. The molecule has 2 aromatic rings. The zero-order valence-corrected chi connectivity index (χ0v) is 16.8. The lowest BCUT2D eigenvalue weighted by molar-refractivity contribution is 0.0817. The third-order valence-corrected chi connectivity index (χ3v) is 4.82. The second kappa shape index (κ2) is 7.61. The van der Waals surface area contributed by atoms with Gasteiger partial charge < -0.3 is 15.4 Å². The van der Waals surface area contributed by atoms with Crippen molar-refractivity contribution in [1.82, 2.24) is 9.88 Å². The van der Waals surface area contributed by atoms with E-state index in [1.54, 1.807) is 30.3 Å². The fourth-order valence-corrected chi connectivity index (χ4v) is 3.74. The summed E-state index contributed by atoms with van der Waals surface area (Å²) >= 11 is 0. The summed E-state index contributed by atoms with van der Waals surface area (Å²) < 4.78 is 5.88. The number of nitriles is 1. The molecule has 1 aromatic heterocycles. The minimum Gasteiger partial charge on any atom is -0.490 e. The monoisotopic (exact) mass is 378 g/mol. The Morgan fingerprint density at radius 2 is 2.14 bits per heavy atom. The fourth-order valence-electron chi connectivity index (χ4n) is 3.74. The standard InChI is InChI=1S/C22H26N4O2/c1-14(2)10-22(3,24)13-28-19-6-5-15(9-16(19)11-23)17-7-8-25-18-12-26(4)21(27)20(17)18/h5-9,14H,10,12-13,24H2,1-4H3/t22-/m0/s1. The highest BCUT2D eigenvalue weighted by atomic mass is 16.5. The third-order valence-electron chi connectivity index (χ3n) is 4.82. The van der Waals surface area contributed by atoms with E-state index in [-0.39, 0.29) is 5.91 Å². The maximum Gasteiger partial charge on any atom is 0.256 e. The molecule has 1 amide bonds. The van der Waals surface area contributed by atoms with Crippen molar-refractivity contribution in [3.8, 4) is 22.9 Å². The molecule has 1 aliphatic heterocycles. The molecule has 6 nitrogen and oxygen atoms in total. The van der Waals surface area contributed by atoms with Gasteiger partial charge in [-0.2, -0.15) is 5.26 Å². The van der Waals surface area contributed by atoms with Gasteiger partial charge in [0.05, 0.1) is 23.4 Å². The Morgan fingerprint density at radius 3 is 2.82 bits per heavy atom. The van der Waals surface area contributed by atoms with Gasteiger partial charge in [-0.15, -0.1) is 0 Å². The normalized spacial score (nSPS) is 15.3. The maximum atomic E-state index is 12.5. The smallest absolute Gasteiger partial charge is 0.256 e. The van der Waals surface area contributed by atoms with Crippen LogP contribution < -0.4 is 10.5 Å². The molecule has 0 unspecified atom stereocenters. The molecule has 1 aromatic carbocycles. The molecule has 0 fully saturated rings. The summed E-state index contributed by atoms with van der Waals surface area (Å²) in [5.41, 5.74) is 9.20. The largest absolute Gasteiger partial charge is 0.490 e. The lowest BCUT2D eigenvalue weighted by atomic mass is 9.93. The van der Waals surface area contributed by atoms with E-state index in [0.717, 1.165) is 23.2 Å². The highest BCUT2D eigenvalue weighted by Crippen LogP contribution is 2.33. The molecule has 28 heavy (non-hydrogen) atoms. The van der Waals surface area contributed by atoms with Gasteiger partial charge >= 0.3 is 0 Å². The quantitative estimate of drug-likeness (QED) is 0.832. The van der Waals surface area contributed by atoms with Gasteiger partial charge in [-0.3, -0.25) is 9.78 Å². The Balaban J connectivity index is 1.89. The number of nitrogens with zero attached hydrogens (tertiary/aromatic N) is 3. The van der Waals surface area contributed by atoms with Gasteiger partial charge in [0.1, 0.15) is 18.4 Å². The van der Waals surface area contributed by atoms with Gasteiger partial charge in [0.2, 0.25) is 0 Å². The number of fused-ring (bicyclic) bond motifs is 1. The van der Waals surface area contributed by atoms with Gasteiger partial charge in [0.15, 0.2) is 0 Å². The van der Waals surface area contributed by atoms with E-state index in [2.05, 4.69) is 24.9 Å². The molecule has 0 radical (unpaired) electrons. The van der Waals surface area contributed by atoms with Crippen molar-refractivity contribution in [2.24, 2.45) is 11.7 Å². The van der Waals surface area contributed by atoms with Crippen LogP contribution >= 0.6 is 0 Å². The van der Waals surface area contributed by atoms with Crippen LogP contribution in [0.3, 0.4) is 0 Å². The van der Waals surface area contributed by atoms with Crippen LogP contribution in [0.5, 0.6) is 5.75 Å². The summed E-state index contributed by atoms with van der Waals surface area (Å²) in [6, 6.07) is 9.40. The first-order chi connectivity index (χ1) is 13.2. The molecule has 0 bridgehead atoms. The molecule has 6 heteroatoms. The van der Waals surface area contributed by atoms with Crippen LogP contribution in [0.2, 0.25) is 0 Å². The molecular weight excluding hydrogens is 352 g/mol. The maximum absolute atomic E-state index is 12.5. The Labute approximate surface area is 165 Å². The minimum absolute atomic E-state index is 0.0514. The molecule has 146 valence electrons. The average Bonchev–Trinajstić information content (AvgIpc) is 2.93. The number of aromatic nitrogens is 1. The first kappa shape index (κ1) is 19.8. The van der Waals surface area contributed by atoms with E-state index in [1.807, 2.05) is 19.1 Å². The van der Waals surface area contributed by atoms with E-state index in [1.165, 1.54) is 0 Å². The Bertz CT molecular complexity index is 944. The van der Waals surface area contributed by atoms with E-state index in [4.69, 9.17) is 10.5 Å². The van der Waals surface area contributed by atoms with Crippen molar-refractivity contribution in [2.45, 2.75) is 39.3 Å². The van der Waals surface area contributed by atoms with Crippen LogP contribution in [-0.4, -0.2) is 35.0 Å². The van der Waals surface area contributed by atoms with Crippen LogP contribution in [0.1, 0.15) is 48.8 Å². The van der Waals surface area contributed by atoms with Crippen LogP contribution in [0.4, 0.5) is 0 Å². The molecule has 2 heterocycles. The molecule has 2 N–H and O–H groups in total. The summed E-state index contributed by atoms with van der Waals surface area (Å²) in [5.74, 6) is 0.909. The van der Waals surface area contributed by atoms with Crippen LogP contribution in [0, 0.1) is 17.2 Å². The molecule has 3 rings (SSSR count). The lowest BCUT2D eigenvalue weighted by Gasteiger charge is -2.26. The predicted octanol–water partition coefficient (Wildman–Crippen LogP) is 3.35. The first-order valence-electron chi connectivity index (χ1n) is 9.41. The number of hydrogen-bond acceptors (Lipinski definition) is 5. The second-order valence-corrected chi connectivity index (χ2v) is 8.20. The number of carbonyl (C=O) groups is 1. The van der Waals surface area contributed by atoms with Crippen molar-refractivity contribution in [2.75, 3.05) is 13.7 Å². The zero-order valence-electron chi connectivity index (χ0n) is 16.8. The zero-order chi connectivity index (χ0) is 20.5. The first-order valence-corrected chi connectivity index (χ1v) is 9.41. The van der Waals surface area contributed by atoms with Gasteiger partial charge in [0.25, 0.3) is 5.91 Å². The summed E-state index contributed by atoms with van der Waals surface area (Å²) in [7, 11) is 1.76. The topological polar surface area (TPSA) is 92.2 Å². The van der Waals surface area contributed by atoms with Crippen molar-refractivity contribution >= 4 is 5.91 Å². The number of amides is 1. The lowest BCUT2D eigenvalue weighted by Crippen LogP contribution is -2.43. The molecule has 0 aliphatic carbocycles. The highest BCUT2D eigenvalue weighted by molar-refractivity contribution is 6.03. The third kappa shape index (κ3) is 4.00. The molecule has 1 aliphatic rings. The van der Waals surface area contributed by atoms with E-state index in [0.29, 0.717) is 35.9 Å². The van der Waals surface area contributed by atoms with E-state index < -0.39 is 5.54 Å². The highest BCUT2D eigenvalue weighted by Gasteiger charge is 2.29. The van der Waals surface area contributed by atoms with E-state index >= 15 is 0 Å². The van der Waals surface area contributed by atoms with Crippen LogP contribution in [0.15, 0.2) is 30.5 Å². The predicted molar refractivity (Wildman–Crippen MR) is 108 cm³/mol. The second-order valence-electron chi connectivity index (χ2n) is 8.20. The molecule has 1 atom stereocenters. The van der Waals surface area contributed by atoms with Gasteiger partial charge in [-0.1, -0.05) is 19.9 Å². The number of rotatable bonds is 6. The number of nitrogens with two attached hydrogens (primary N) is 1. The van der Waals surface area contributed by atoms with Gasteiger partial charge in [-0.05, 0) is 48.6 Å². The average molecular weight is 378 g/mol. The summed E-state index contributed by atoms with van der Waals surface area (Å²) in [4.78, 5) is 18.5. The Morgan fingerprint density at radius 1 is 1.39 bits per heavy atom. The number of hydrogen-bond donors (Lipinski definition) is 1. The van der Waals surface area contributed by atoms with Gasteiger partial charge in [0, 0.05) is 18.8 Å².